The third-order valence-electron chi connectivity index (χ3n) is 5.53. The molecular weight excluding hydrogens is 366 g/mol. The maximum absolute atomic E-state index is 12.6. The molecule has 1 unspecified atom stereocenters. The number of rotatable bonds is 6. The van der Waals surface area contributed by atoms with Gasteiger partial charge >= 0.3 is 6.55 Å². The number of halogens is 2. The summed E-state index contributed by atoms with van der Waals surface area (Å²) in [4.78, 5) is 26.5. The molecule has 148 valence electrons. The minimum absolute atomic E-state index is 0.0914. The molecule has 0 radical (unpaired) electrons. The fourth-order valence-corrected chi connectivity index (χ4v) is 3.87. The lowest BCUT2D eigenvalue weighted by atomic mass is 10.1. The molecule has 1 aliphatic carbocycles. The highest BCUT2D eigenvalue weighted by molar-refractivity contribution is 5.94. The van der Waals surface area contributed by atoms with Crippen molar-refractivity contribution < 1.29 is 18.4 Å². The SMILES string of the molecule is O=C(NC1CCN(C(=O)C[C@@H]2C[C@H]2c2ccccc2)C1)c1cnn(C(F)F)c1. The lowest BCUT2D eigenvalue weighted by molar-refractivity contribution is -0.130. The van der Waals surface area contributed by atoms with Gasteiger partial charge in [-0.05, 0) is 30.2 Å². The van der Waals surface area contributed by atoms with Crippen molar-refractivity contribution in [3.63, 3.8) is 0 Å². The molecule has 1 N–H and O–H groups in total. The van der Waals surface area contributed by atoms with Gasteiger partial charge in [-0.1, -0.05) is 30.3 Å². The summed E-state index contributed by atoms with van der Waals surface area (Å²) in [5, 5.41) is 6.27. The van der Waals surface area contributed by atoms with Crippen LogP contribution < -0.4 is 5.32 Å². The van der Waals surface area contributed by atoms with Crippen LogP contribution in [-0.2, 0) is 4.79 Å². The van der Waals surface area contributed by atoms with E-state index in [4.69, 9.17) is 0 Å². The number of hydrogen-bond acceptors (Lipinski definition) is 3. The number of nitrogens with zero attached hydrogens (tertiary/aromatic N) is 3. The first-order chi connectivity index (χ1) is 13.5. The van der Waals surface area contributed by atoms with E-state index in [0.717, 1.165) is 18.8 Å². The zero-order chi connectivity index (χ0) is 19.7. The van der Waals surface area contributed by atoms with E-state index >= 15 is 0 Å². The Morgan fingerprint density at radius 3 is 2.75 bits per heavy atom. The quantitative estimate of drug-likeness (QED) is 0.828. The average Bonchev–Trinajstić information content (AvgIpc) is 3.10. The number of likely N-dealkylation sites (tertiary alicyclic amines) is 1. The highest BCUT2D eigenvalue weighted by atomic mass is 19.3. The largest absolute Gasteiger partial charge is 0.347 e. The predicted molar refractivity (Wildman–Crippen MR) is 97.8 cm³/mol. The molecule has 3 atom stereocenters. The Hall–Kier alpha value is -2.77. The first-order valence-electron chi connectivity index (χ1n) is 9.47. The van der Waals surface area contributed by atoms with Gasteiger partial charge in [0.15, 0.2) is 0 Å². The Morgan fingerprint density at radius 1 is 1.25 bits per heavy atom. The molecule has 2 aromatic rings. The van der Waals surface area contributed by atoms with Crippen molar-refractivity contribution in [3.8, 4) is 0 Å². The second-order valence-electron chi connectivity index (χ2n) is 7.50. The van der Waals surface area contributed by atoms with Crippen molar-refractivity contribution in [1.29, 1.82) is 0 Å². The van der Waals surface area contributed by atoms with Crippen LogP contribution in [0.3, 0.4) is 0 Å². The second-order valence-corrected chi connectivity index (χ2v) is 7.50. The maximum Gasteiger partial charge on any atom is 0.333 e. The number of hydrogen-bond donors (Lipinski definition) is 1. The lowest BCUT2D eigenvalue weighted by Gasteiger charge is -2.17. The molecular formula is C20H22F2N4O2. The first-order valence-corrected chi connectivity index (χ1v) is 9.47. The van der Waals surface area contributed by atoms with E-state index in [1.165, 1.54) is 5.56 Å². The average molecular weight is 388 g/mol. The van der Waals surface area contributed by atoms with E-state index in [1.54, 1.807) is 4.90 Å². The number of aromatic nitrogens is 2. The van der Waals surface area contributed by atoms with E-state index in [-0.39, 0.29) is 17.5 Å². The molecule has 28 heavy (non-hydrogen) atoms. The Morgan fingerprint density at radius 2 is 2.04 bits per heavy atom. The van der Waals surface area contributed by atoms with Gasteiger partial charge < -0.3 is 10.2 Å². The molecule has 4 rings (SSSR count). The number of carbonyl (C=O) groups is 2. The zero-order valence-corrected chi connectivity index (χ0v) is 15.3. The van der Waals surface area contributed by atoms with Crippen molar-refractivity contribution in [3.05, 3.63) is 53.9 Å². The predicted octanol–water partition coefficient (Wildman–Crippen LogP) is 2.80. The molecule has 1 saturated carbocycles. The number of benzene rings is 1. The van der Waals surface area contributed by atoms with E-state index in [0.29, 0.717) is 42.4 Å². The topological polar surface area (TPSA) is 67.2 Å². The lowest BCUT2D eigenvalue weighted by Crippen LogP contribution is -2.38. The summed E-state index contributed by atoms with van der Waals surface area (Å²) in [6, 6.07) is 10.1. The van der Waals surface area contributed by atoms with Crippen LogP contribution in [0.1, 0.15) is 47.7 Å². The van der Waals surface area contributed by atoms with Gasteiger partial charge in [0.1, 0.15) is 0 Å². The number of carbonyl (C=O) groups excluding carboxylic acids is 2. The van der Waals surface area contributed by atoms with Gasteiger partial charge in [0.05, 0.1) is 11.8 Å². The molecule has 6 nitrogen and oxygen atoms in total. The zero-order valence-electron chi connectivity index (χ0n) is 15.3. The van der Waals surface area contributed by atoms with Crippen LogP contribution in [0.25, 0.3) is 0 Å². The van der Waals surface area contributed by atoms with Gasteiger partial charge in [-0.3, -0.25) is 9.59 Å². The van der Waals surface area contributed by atoms with Crippen LogP contribution in [0.5, 0.6) is 0 Å². The van der Waals surface area contributed by atoms with Gasteiger partial charge in [-0.15, -0.1) is 0 Å². The Bertz CT molecular complexity index is 855. The van der Waals surface area contributed by atoms with Gasteiger partial charge in [-0.25, -0.2) is 4.68 Å². The minimum atomic E-state index is -2.77. The third-order valence-corrected chi connectivity index (χ3v) is 5.53. The van der Waals surface area contributed by atoms with E-state index in [9.17, 15) is 18.4 Å². The van der Waals surface area contributed by atoms with Crippen molar-refractivity contribution in [2.45, 2.75) is 37.8 Å². The maximum atomic E-state index is 12.6. The highest BCUT2D eigenvalue weighted by Crippen LogP contribution is 2.49. The molecule has 2 aliphatic rings. The molecule has 1 aromatic carbocycles. The molecule has 0 spiro atoms. The molecule has 0 bridgehead atoms. The first kappa shape index (κ1) is 18.6. The molecule has 2 heterocycles. The summed E-state index contributed by atoms with van der Waals surface area (Å²) < 4.78 is 25.6. The van der Waals surface area contributed by atoms with Crippen molar-refractivity contribution in [2.24, 2.45) is 5.92 Å². The van der Waals surface area contributed by atoms with Gasteiger partial charge in [0, 0.05) is 31.7 Å². The standard InChI is InChI=1S/C20H22F2N4O2/c21-20(22)26-11-15(10-23-26)19(28)24-16-6-7-25(12-16)18(27)9-14-8-17(14)13-4-2-1-3-5-13/h1-5,10-11,14,16-17,20H,6-9,12H2,(H,24,28)/t14-,16?,17-/m0/s1. The minimum Gasteiger partial charge on any atom is -0.347 e. The van der Waals surface area contributed by atoms with Crippen LogP contribution in [0.2, 0.25) is 0 Å². The molecule has 1 aromatic heterocycles. The van der Waals surface area contributed by atoms with Crippen LogP contribution >= 0.6 is 0 Å². The Labute approximate surface area is 161 Å². The van der Waals surface area contributed by atoms with Crippen LogP contribution in [-0.4, -0.2) is 45.6 Å². The summed E-state index contributed by atoms with van der Waals surface area (Å²) in [5.74, 6) is 0.529. The highest BCUT2D eigenvalue weighted by Gasteiger charge is 2.41. The third kappa shape index (κ3) is 4.05. The van der Waals surface area contributed by atoms with E-state index < -0.39 is 12.5 Å². The van der Waals surface area contributed by atoms with Crippen LogP contribution in [0, 0.1) is 5.92 Å². The van der Waals surface area contributed by atoms with Gasteiger partial charge in [-0.2, -0.15) is 13.9 Å². The molecule has 1 saturated heterocycles. The van der Waals surface area contributed by atoms with Crippen molar-refractivity contribution >= 4 is 11.8 Å². The fraction of sp³-hybridized carbons (Fsp3) is 0.450. The van der Waals surface area contributed by atoms with Gasteiger partial charge in [0.25, 0.3) is 5.91 Å². The summed E-state index contributed by atoms with van der Waals surface area (Å²) in [6.07, 6.45) is 4.37. The normalized spacial score (nSPS) is 23.8. The van der Waals surface area contributed by atoms with Crippen LogP contribution in [0.15, 0.2) is 42.7 Å². The number of amides is 2. The van der Waals surface area contributed by atoms with Crippen molar-refractivity contribution in [1.82, 2.24) is 20.0 Å². The fourth-order valence-electron chi connectivity index (χ4n) is 3.87. The molecule has 2 fully saturated rings. The molecule has 8 heteroatoms. The summed E-state index contributed by atoms with van der Waals surface area (Å²) in [7, 11) is 0. The van der Waals surface area contributed by atoms with E-state index in [1.807, 2.05) is 18.2 Å². The molecule has 1 aliphatic heterocycles. The summed E-state index contributed by atoms with van der Waals surface area (Å²) in [6.45, 7) is -1.72. The smallest absolute Gasteiger partial charge is 0.333 e. The second kappa shape index (κ2) is 7.69. The summed E-state index contributed by atoms with van der Waals surface area (Å²) >= 11 is 0. The monoisotopic (exact) mass is 388 g/mol. The van der Waals surface area contributed by atoms with E-state index in [2.05, 4.69) is 22.5 Å². The van der Waals surface area contributed by atoms with Crippen molar-refractivity contribution in [2.75, 3.05) is 13.1 Å². The number of nitrogens with one attached hydrogen (secondary N) is 1. The Kier molecular flexibility index (Phi) is 5.11. The Balaban J connectivity index is 1.25. The van der Waals surface area contributed by atoms with Gasteiger partial charge in [0.2, 0.25) is 5.91 Å². The number of alkyl halides is 2. The van der Waals surface area contributed by atoms with Crippen LogP contribution in [0.4, 0.5) is 8.78 Å². The summed E-state index contributed by atoms with van der Waals surface area (Å²) in [5.41, 5.74) is 1.38. The molecule has 2 amide bonds.